The average molecular weight is 258 g/mol. The number of halogens is 1. The zero-order valence-corrected chi connectivity index (χ0v) is 9.96. The number of aliphatic hydroxyl groups excluding tert-OH is 1. The van der Waals surface area contributed by atoms with E-state index in [-0.39, 0.29) is 11.0 Å². The molecule has 88 valence electrons. The van der Waals surface area contributed by atoms with Crippen molar-refractivity contribution in [1.29, 1.82) is 5.26 Å². The molecular formula is C13H8ClN3O. The highest BCUT2D eigenvalue weighted by Crippen LogP contribution is 2.16. The van der Waals surface area contributed by atoms with Gasteiger partial charge in [0.2, 0.25) is 5.28 Å². The number of benzene rings is 1. The number of rotatable bonds is 2. The fraction of sp³-hybridized carbons (Fsp3) is 0. The molecule has 0 radical (unpaired) electrons. The Morgan fingerprint density at radius 1 is 1.39 bits per heavy atom. The molecule has 2 aromatic rings. The molecule has 5 heteroatoms. The Morgan fingerprint density at radius 2 is 2.22 bits per heavy atom. The van der Waals surface area contributed by atoms with Gasteiger partial charge < -0.3 is 5.11 Å². The van der Waals surface area contributed by atoms with Crippen LogP contribution in [0.5, 0.6) is 0 Å². The van der Waals surface area contributed by atoms with Crippen LogP contribution < -0.4 is 0 Å². The van der Waals surface area contributed by atoms with Crippen LogP contribution in [0.25, 0.3) is 11.8 Å². The van der Waals surface area contributed by atoms with Crippen molar-refractivity contribution in [1.82, 2.24) is 9.97 Å². The van der Waals surface area contributed by atoms with Gasteiger partial charge in [-0.15, -0.1) is 0 Å². The van der Waals surface area contributed by atoms with Crippen molar-refractivity contribution in [3.63, 3.8) is 0 Å². The van der Waals surface area contributed by atoms with Gasteiger partial charge in [-0.3, -0.25) is 0 Å². The molecular weight excluding hydrogens is 250 g/mol. The zero-order valence-electron chi connectivity index (χ0n) is 9.21. The van der Waals surface area contributed by atoms with Gasteiger partial charge in [0.15, 0.2) is 0 Å². The van der Waals surface area contributed by atoms with E-state index < -0.39 is 0 Å². The average Bonchev–Trinajstić information content (AvgIpc) is 2.39. The third kappa shape index (κ3) is 2.84. The number of nitriles is 1. The van der Waals surface area contributed by atoms with Crippen LogP contribution in [0, 0.1) is 11.3 Å². The van der Waals surface area contributed by atoms with Crippen molar-refractivity contribution in [2.45, 2.75) is 0 Å². The summed E-state index contributed by atoms with van der Waals surface area (Å²) >= 11 is 5.65. The Bertz CT molecular complexity index is 647. The highest BCUT2D eigenvalue weighted by atomic mass is 35.5. The van der Waals surface area contributed by atoms with Gasteiger partial charge in [0.05, 0.1) is 17.3 Å². The Kier molecular flexibility index (Phi) is 3.56. The summed E-state index contributed by atoms with van der Waals surface area (Å²) < 4.78 is 0. The van der Waals surface area contributed by atoms with Crippen molar-refractivity contribution >= 4 is 23.4 Å². The van der Waals surface area contributed by atoms with Crippen LogP contribution in [0.4, 0.5) is 0 Å². The largest absolute Gasteiger partial charge is 0.507 e. The number of aromatic nitrogens is 2. The molecule has 1 heterocycles. The summed E-state index contributed by atoms with van der Waals surface area (Å²) in [5.41, 5.74) is 1.52. The molecule has 0 bridgehead atoms. The normalized spacial score (nSPS) is 11.0. The first-order valence-corrected chi connectivity index (χ1v) is 5.46. The molecule has 0 aliphatic carbocycles. The van der Waals surface area contributed by atoms with E-state index in [2.05, 4.69) is 9.97 Å². The van der Waals surface area contributed by atoms with Gasteiger partial charge in [-0.05, 0) is 29.8 Å². The predicted octanol–water partition coefficient (Wildman–Crippen LogP) is 3.06. The first kappa shape index (κ1) is 12.1. The molecule has 1 N–H and O–H groups in total. The molecule has 0 aliphatic heterocycles. The van der Waals surface area contributed by atoms with Crippen LogP contribution in [0.3, 0.4) is 0 Å². The maximum atomic E-state index is 9.93. The van der Waals surface area contributed by atoms with E-state index in [4.69, 9.17) is 16.9 Å². The standard InChI is InChI=1S/C13H8ClN3O/c14-13-16-5-4-11(17-13)7-12(18)10-3-1-2-9(6-10)8-15/h1-7,18H. The minimum Gasteiger partial charge on any atom is -0.507 e. The van der Waals surface area contributed by atoms with Crippen LogP contribution in [0.1, 0.15) is 16.8 Å². The Balaban J connectivity index is 2.36. The maximum Gasteiger partial charge on any atom is 0.222 e. The fourth-order valence-corrected chi connectivity index (χ4v) is 1.55. The van der Waals surface area contributed by atoms with E-state index in [0.29, 0.717) is 16.8 Å². The Morgan fingerprint density at radius 3 is 2.94 bits per heavy atom. The molecule has 0 saturated carbocycles. The van der Waals surface area contributed by atoms with Crippen LogP contribution in [0.15, 0.2) is 36.5 Å². The lowest BCUT2D eigenvalue weighted by atomic mass is 10.1. The monoisotopic (exact) mass is 257 g/mol. The summed E-state index contributed by atoms with van der Waals surface area (Å²) in [6.45, 7) is 0. The molecule has 0 saturated heterocycles. The predicted molar refractivity (Wildman–Crippen MR) is 68.7 cm³/mol. The van der Waals surface area contributed by atoms with Crippen molar-refractivity contribution < 1.29 is 5.11 Å². The van der Waals surface area contributed by atoms with Gasteiger partial charge in [-0.2, -0.15) is 5.26 Å². The third-order valence-electron chi connectivity index (χ3n) is 2.22. The van der Waals surface area contributed by atoms with Crippen molar-refractivity contribution in [2.24, 2.45) is 0 Å². The highest BCUT2D eigenvalue weighted by molar-refractivity contribution is 6.28. The van der Waals surface area contributed by atoms with E-state index in [0.717, 1.165) is 0 Å². The molecule has 0 unspecified atom stereocenters. The lowest BCUT2D eigenvalue weighted by Crippen LogP contribution is -1.88. The zero-order chi connectivity index (χ0) is 13.0. The summed E-state index contributed by atoms with van der Waals surface area (Å²) in [6.07, 6.45) is 2.96. The van der Waals surface area contributed by atoms with Crippen molar-refractivity contribution in [2.75, 3.05) is 0 Å². The van der Waals surface area contributed by atoms with E-state index >= 15 is 0 Å². The molecule has 0 amide bonds. The highest BCUT2D eigenvalue weighted by Gasteiger charge is 2.02. The van der Waals surface area contributed by atoms with Gasteiger partial charge in [-0.25, -0.2) is 9.97 Å². The minimum absolute atomic E-state index is 0.0156. The molecule has 4 nitrogen and oxygen atoms in total. The Labute approximate surface area is 109 Å². The van der Waals surface area contributed by atoms with E-state index in [1.165, 1.54) is 12.3 Å². The first-order valence-electron chi connectivity index (χ1n) is 5.09. The second-order valence-electron chi connectivity index (χ2n) is 3.47. The number of hydrogen-bond acceptors (Lipinski definition) is 4. The van der Waals surface area contributed by atoms with Gasteiger partial charge in [0.25, 0.3) is 0 Å². The van der Waals surface area contributed by atoms with E-state index in [1.54, 1.807) is 30.3 Å². The van der Waals surface area contributed by atoms with Crippen LogP contribution in [0.2, 0.25) is 5.28 Å². The molecule has 2 rings (SSSR count). The summed E-state index contributed by atoms with van der Waals surface area (Å²) in [5.74, 6) is 0.0156. The molecule has 1 aromatic heterocycles. The molecule has 0 aliphatic rings. The molecule has 1 aromatic carbocycles. The lowest BCUT2D eigenvalue weighted by molar-refractivity contribution is 0.515. The summed E-state index contributed by atoms with van der Waals surface area (Å²) in [5, 5.41) is 18.8. The lowest BCUT2D eigenvalue weighted by Gasteiger charge is -2.01. The molecule has 18 heavy (non-hydrogen) atoms. The van der Waals surface area contributed by atoms with Gasteiger partial charge >= 0.3 is 0 Å². The number of hydrogen-bond donors (Lipinski definition) is 1. The van der Waals surface area contributed by atoms with E-state index in [1.807, 2.05) is 6.07 Å². The Hall–Kier alpha value is -2.38. The van der Waals surface area contributed by atoms with Crippen LogP contribution in [-0.4, -0.2) is 15.1 Å². The molecule has 0 fully saturated rings. The molecule has 0 spiro atoms. The van der Waals surface area contributed by atoms with Gasteiger partial charge in [0.1, 0.15) is 5.76 Å². The summed E-state index contributed by atoms with van der Waals surface area (Å²) in [7, 11) is 0. The van der Waals surface area contributed by atoms with Crippen molar-refractivity contribution in [3.05, 3.63) is 58.6 Å². The van der Waals surface area contributed by atoms with Gasteiger partial charge in [-0.1, -0.05) is 12.1 Å². The van der Waals surface area contributed by atoms with Crippen LogP contribution in [-0.2, 0) is 0 Å². The maximum absolute atomic E-state index is 9.93. The number of aliphatic hydroxyl groups is 1. The van der Waals surface area contributed by atoms with Crippen molar-refractivity contribution in [3.8, 4) is 6.07 Å². The SMILES string of the molecule is N#Cc1cccc(C(O)=Cc2ccnc(Cl)n2)c1. The third-order valence-corrected chi connectivity index (χ3v) is 2.40. The van der Waals surface area contributed by atoms with Crippen LogP contribution >= 0.6 is 11.6 Å². The topological polar surface area (TPSA) is 69.8 Å². The second kappa shape index (κ2) is 5.30. The first-order chi connectivity index (χ1) is 8.69. The van der Waals surface area contributed by atoms with Gasteiger partial charge in [0, 0.05) is 17.8 Å². The fourth-order valence-electron chi connectivity index (χ4n) is 1.40. The van der Waals surface area contributed by atoms with E-state index in [9.17, 15) is 5.11 Å². The molecule has 0 atom stereocenters. The summed E-state index contributed by atoms with van der Waals surface area (Å²) in [6, 6.07) is 10.3. The quantitative estimate of drug-likeness (QED) is 0.663. The smallest absolute Gasteiger partial charge is 0.222 e. The second-order valence-corrected chi connectivity index (χ2v) is 3.81. The number of nitrogens with zero attached hydrogens (tertiary/aromatic N) is 3. The minimum atomic E-state index is 0.0156. The summed E-state index contributed by atoms with van der Waals surface area (Å²) in [4.78, 5) is 7.68.